The van der Waals surface area contributed by atoms with Gasteiger partial charge in [0.15, 0.2) is 0 Å². The molecule has 0 N–H and O–H groups in total. The molecule has 0 radical (unpaired) electrons. The molecule has 0 saturated heterocycles. The van der Waals surface area contributed by atoms with Crippen LogP contribution >= 0.6 is 0 Å². The maximum atomic E-state index is 13.4. The van der Waals surface area contributed by atoms with Crippen LogP contribution in [0.25, 0.3) is 0 Å². The Morgan fingerprint density at radius 3 is 2.76 bits per heavy atom. The van der Waals surface area contributed by atoms with E-state index in [2.05, 4.69) is 6.92 Å². The number of nitro groups is 1. The van der Waals surface area contributed by atoms with Crippen LogP contribution in [0.2, 0.25) is 0 Å². The fourth-order valence-corrected chi connectivity index (χ4v) is 2.10. The summed E-state index contributed by atoms with van der Waals surface area (Å²) in [6, 6.07) is 4.22. The summed E-state index contributed by atoms with van der Waals surface area (Å²) in [7, 11) is 1.77. The highest BCUT2D eigenvalue weighted by atomic mass is 19.1. The van der Waals surface area contributed by atoms with Gasteiger partial charge in [-0.15, -0.1) is 0 Å². The number of anilines is 1. The molecule has 1 saturated carbocycles. The van der Waals surface area contributed by atoms with Crippen LogP contribution in [0.15, 0.2) is 18.2 Å². The molecule has 0 aliphatic heterocycles. The summed E-state index contributed by atoms with van der Waals surface area (Å²) in [6.45, 7) is 2.89. The molecule has 5 heteroatoms. The summed E-state index contributed by atoms with van der Waals surface area (Å²) in [5.74, 6) is 0.469. The third-order valence-corrected chi connectivity index (χ3v) is 3.34. The van der Waals surface area contributed by atoms with Crippen LogP contribution in [0, 0.1) is 27.8 Å². The van der Waals surface area contributed by atoms with Gasteiger partial charge in [-0.25, -0.2) is 0 Å². The molecule has 0 amide bonds. The van der Waals surface area contributed by atoms with E-state index in [-0.39, 0.29) is 0 Å². The zero-order chi connectivity index (χ0) is 12.6. The molecule has 4 nitrogen and oxygen atoms in total. The van der Waals surface area contributed by atoms with E-state index < -0.39 is 16.4 Å². The Morgan fingerprint density at radius 1 is 1.59 bits per heavy atom. The molecule has 1 aliphatic carbocycles. The quantitative estimate of drug-likeness (QED) is 0.598. The maximum absolute atomic E-state index is 13.4. The van der Waals surface area contributed by atoms with Crippen molar-refractivity contribution in [3.63, 3.8) is 0 Å². The summed E-state index contributed by atoms with van der Waals surface area (Å²) in [5.41, 5.74) is -0.0718. The maximum Gasteiger partial charge on any atom is 0.327 e. The van der Waals surface area contributed by atoms with Crippen molar-refractivity contribution in [2.75, 3.05) is 18.5 Å². The summed E-state index contributed by atoms with van der Waals surface area (Å²) >= 11 is 0. The van der Waals surface area contributed by atoms with Gasteiger partial charge >= 0.3 is 5.69 Å². The molecule has 0 bridgehead atoms. The molecule has 2 atom stereocenters. The second-order valence-corrected chi connectivity index (χ2v) is 4.72. The van der Waals surface area contributed by atoms with E-state index in [1.165, 1.54) is 6.07 Å². The van der Waals surface area contributed by atoms with Gasteiger partial charge in [-0.05, 0) is 30.4 Å². The van der Waals surface area contributed by atoms with Crippen molar-refractivity contribution in [3.8, 4) is 0 Å². The van der Waals surface area contributed by atoms with Gasteiger partial charge in [0.1, 0.15) is 5.69 Å². The first-order valence-corrected chi connectivity index (χ1v) is 5.64. The van der Waals surface area contributed by atoms with E-state index in [0.29, 0.717) is 17.5 Å². The van der Waals surface area contributed by atoms with E-state index in [1.807, 2.05) is 0 Å². The number of para-hydroxylation sites is 1. The number of hydrogen-bond donors (Lipinski definition) is 0. The van der Waals surface area contributed by atoms with E-state index in [1.54, 1.807) is 18.0 Å². The van der Waals surface area contributed by atoms with Gasteiger partial charge in [0.2, 0.25) is 5.82 Å². The number of nitro benzene ring substituents is 1. The highest BCUT2D eigenvalue weighted by Crippen LogP contribution is 2.40. The molecule has 2 unspecified atom stereocenters. The lowest BCUT2D eigenvalue weighted by Gasteiger charge is -2.19. The zero-order valence-corrected chi connectivity index (χ0v) is 9.89. The van der Waals surface area contributed by atoms with E-state index in [4.69, 9.17) is 0 Å². The van der Waals surface area contributed by atoms with Gasteiger partial charge in [0, 0.05) is 13.6 Å². The number of nitrogens with zero attached hydrogens (tertiary/aromatic N) is 2. The molecule has 0 heterocycles. The van der Waals surface area contributed by atoms with Crippen LogP contribution in [0.1, 0.15) is 13.3 Å². The first-order chi connectivity index (χ1) is 8.00. The van der Waals surface area contributed by atoms with Crippen molar-refractivity contribution < 1.29 is 9.31 Å². The molecule has 0 aromatic heterocycles. The Kier molecular flexibility index (Phi) is 3.00. The summed E-state index contributed by atoms with van der Waals surface area (Å²) in [4.78, 5) is 12.0. The Bertz CT molecular complexity index is 450. The Hall–Kier alpha value is -1.65. The normalized spacial score (nSPS) is 22.3. The number of rotatable bonds is 4. The number of benzene rings is 1. The Morgan fingerprint density at radius 2 is 2.24 bits per heavy atom. The van der Waals surface area contributed by atoms with E-state index >= 15 is 0 Å². The molecule has 92 valence electrons. The first kappa shape index (κ1) is 11.8. The molecular weight excluding hydrogens is 223 g/mol. The van der Waals surface area contributed by atoms with Crippen LogP contribution < -0.4 is 4.90 Å². The minimum atomic E-state index is -0.775. The van der Waals surface area contributed by atoms with Crippen molar-refractivity contribution in [1.82, 2.24) is 0 Å². The molecule has 1 aromatic rings. The largest absolute Gasteiger partial charge is 0.369 e. The molecule has 1 aliphatic rings. The second-order valence-electron chi connectivity index (χ2n) is 4.72. The first-order valence-electron chi connectivity index (χ1n) is 5.64. The number of halogens is 1. The topological polar surface area (TPSA) is 46.4 Å². The lowest BCUT2D eigenvalue weighted by molar-refractivity contribution is -0.386. The van der Waals surface area contributed by atoms with Crippen molar-refractivity contribution in [2.24, 2.45) is 11.8 Å². The third kappa shape index (κ3) is 2.38. The smallest absolute Gasteiger partial charge is 0.327 e. The lowest BCUT2D eigenvalue weighted by atomic mass is 10.2. The summed E-state index contributed by atoms with van der Waals surface area (Å²) < 4.78 is 13.4. The SMILES string of the molecule is CC1CC1CN(C)c1cccc(F)c1[N+](=O)[O-]. The fraction of sp³-hybridized carbons (Fsp3) is 0.500. The van der Waals surface area contributed by atoms with Crippen LogP contribution in [0.5, 0.6) is 0 Å². The highest BCUT2D eigenvalue weighted by Gasteiger charge is 2.34. The fourth-order valence-electron chi connectivity index (χ4n) is 2.10. The molecular formula is C12H15FN2O2. The van der Waals surface area contributed by atoms with Crippen LogP contribution in [0.4, 0.5) is 15.8 Å². The number of hydrogen-bond acceptors (Lipinski definition) is 3. The average Bonchev–Trinajstić information content (AvgIpc) is 2.93. The predicted molar refractivity (Wildman–Crippen MR) is 63.6 cm³/mol. The van der Waals surface area contributed by atoms with Gasteiger partial charge in [-0.2, -0.15) is 4.39 Å². The van der Waals surface area contributed by atoms with Crippen LogP contribution in [-0.4, -0.2) is 18.5 Å². The van der Waals surface area contributed by atoms with Crippen LogP contribution in [0.3, 0.4) is 0 Å². The minimum Gasteiger partial charge on any atom is -0.369 e. The monoisotopic (exact) mass is 238 g/mol. The molecule has 0 spiro atoms. The summed E-state index contributed by atoms with van der Waals surface area (Å²) in [6.07, 6.45) is 1.15. The predicted octanol–water partition coefficient (Wildman–Crippen LogP) is 2.83. The van der Waals surface area contributed by atoms with Gasteiger partial charge in [-0.1, -0.05) is 13.0 Å². The van der Waals surface area contributed by atoms with Gasteiger partial charge in [0.05, 0.1) is 4.92 Å². The Labute approximate surface area is 99.2 Å². The van der Waals surface area contributed by atoms with Gasteiger partial charge in [-0.3, -0.25) is 10.1 Å². The lowest BCUT2D eigenvalue weighted by Crippen LogP contribution is -2.21. The van der Waals surface area contributed by atoms with Gasteiger partial charge < -0.3 is 4.90 Å². The van der Waals surface area contributed by atoms with E-state index in [9.17, 15) is 14.5 Å². The minimum absolute atomic E-state index is 0.356. The highest BCUT2D eigenvalue weighted by molar-refractivity contribution is 5.63. The molecule has 17 heavy (non-hydrogen) atoms. The average molecular weight is 238 g/mol. The molecule has 2 rings (SSSR count). The van der Waals surface area contributed by atoms with Crippen molar-refractivity contribution in [3.05, 3.63) is 34.1 Å². The summed E-state index contributed by atoms with van der Waals surface area (Å²) in [5, 5.41) is 10.9. The van der Waals surface area contributed by atoms with Crippen molar-refractivity contribution in [1.29, 1.82) is 0 Å². The Balaban J connectivity index is 2.24. The van der Waals surface area contributed by atoms with Gasteiger partial charge in [0.25, 0.3) is 0 Å². The molecule has 1 aromatic carbocycles. The van der Waals surface area contributed by atoms with Crippen molar-refractivity contribution >= 4 is 11.4 Å². The zero-order valence-electron chi connectivity index (χ0n) is 9.89. The third-order valence-electron chi connectivity index (χ3n) is 3.34. The standard InChI is InChI=1S/C12H15FN2O2/c1-8-6-9(8)7-14(2)11-5-3-4-10(13)12(11)15(16)17/h3-5,8-9H,6-7H2,1-2H3. The molecule has 1 fully saturated rings. The van der Waals surface area contributed by atoms with E-state index in [0.717, 1.165) is 19.0 Å². The van der Waals surface area contributed by atoms with Crippen molar-refractivity contribution in [2.45, 2.75) is 13.3 Å². The second kappa shape index (κ2) is 4.31. The van der Waals surface area contributed by atoms with Crippen LogP contribution in [-0.2, 0) is 0 Å².